The molecule has 0 saturated heterocycles. The van der Waals surface area contributed by atoms with Crippen molar-refractivity contribution in [2.45, 2.75) is 0 Å². The van der Waals surface area contributed by atoms with Crippen LogP contribution in [-0.4, -0.2) is 20.4 Å². The molecule has 5 aromatic carbocycles. The molecule has 0 radical (unpaired) electrons. The molecule has 5 nitrogen and oxygen atoms in total. The molecule has 43 heavy (non-hydrogen) atoms. The Balaban J connectivity index is 1.54. The third kappa shape index (κ3) is 5.27. The number of nitrogens with zero attached hydrogens (tertiary/aromatic N) is 3. The molecule has 2 heterocycles. The smallest absolute Gasteiger partial charge is 0.256 e. The lowest BCUT2D eigenvalue weighted by Crippen LogP contribution is -2.15. The molecule has 7 aromatic rings. The fourth-order valence-corrected chi connectivity index (χ4v) is 6.14. The zero-order valence-corrected chi connectivity index (χ0v) is 23.9. The highest BCUT2D eigenvalue weighted by molar-refractivity contribution is 7.18. The number of imidazole rings is 1. The summed E-state index contributed by atoms with van der Waals surface area (Å²) in [6.45, 7) is 0. The van der Waals surface area contributed by atoms with Crippen LogP contribution in [0.15, 0.2) is 152 Å². The van der Waals surface area contributed by atoms with Gasteiger partial charge in [-0.3, -0.25) is 9.36 Å². The highest BCUT2D eigenvalue weighted by Gasteiger charge is 2.27. The maximum absolute atomic E-state index is 13.7. The minimum atomic E-state index is -0.215. The highest BCUT2D eigenvalue weighted by atomic mass is 32.1. The van der Waals surface area contributed by atoms with Gasteiger partial charge in [0.05, 0.1) is 0 Å². The molecule has 0 fully saturated rings. The summed E-state index contributed by atoms with van der Waals surface area (Å²) in [6.07, 6.45) is 0. The average Bonchev–Trinajstić information content (AvgIpc) is 3.69. The van der Waals surface area contributed by atoms with Crippen molar-refractivity contribution in [2.75, 3.05) is 5.32 Å². The Morgan fingerprint density at radius 2 is 1.00 bits per heavy atom. The van der Waals surface area contributed by atoms with Gasteiger partial charge in [-0.2, -0.15) is 0 Å². The van der Waals surface area contributed by atoms with Crippen LogP contribution in [0.1, 0.15) is 10.4 Å². The van der Waals surface area contributed by atoms with Crippen LogP contribution in [0.5, 0.6) is 0 Å². The van der Waals surface area contributed by atoms with Gasteiger partial charge in [0.2, 0.25) is 0 Å². The first kappa shape index (κ1) is 26.3. The van der Waals surface area contributed by atoms with E-state index >= 15 is 0 Å². The third-order valence-electron chi connectivity index (χ3n) is 7.10. The van der Waals surface area contributed by atoms with Crippen LogP contribution in [0.3, 0.4) is 0 Å². The third-order valence-corrected chi connectivity index (χ3v) is 8.19. The van der Waals surface area contributed by atoms with Crippen LogP contribution in [0.25, 0.3) is 49.5 Å². The largest absolute Gasteiger partial charge is 0.306 e. The SMILES string of the molecule is O=C(Nc1c(-c2ccccc2)nc(-c2ccccc2)n1-c1sc(-c2ccccc2)nc1-c1ccccc1)c1ccccc1. The summed E-state index contributed by atoms with van der Waals surface area (Å²) in [7, 11) is 0. The number of anilines is 1. The second kappa shape index (κ2) is 11.7. The van der Waals surface area contributed by atoms with E-state index in [1.165, 1.54) is 0 Å². The molecule has 2 aromatic heterocycles. The van der Waals surface area contributed by atoms with Crippen molar-refractivity contribution in [1.29, 1.82) is 0 Å². The quantitative estimate of drug-likeness (QED) is 0.206. The molecule has 206 valence electrons. The summed E-state index contributed by atoms with van der Waals surface area (Å²) in [5, 5.41) is 4.99. The van der Waals surface area contributed by atoms with Gasteiger partial charge in [0.25, 0.3) is 5.91 Å². The number of carbonyl (C=O) groups excluding carboxylic acids is 1. The van der Waals surface area contributed by atoms with Gasteiger partial charge in [0.1, 0.15) is 33.0 Å². The van der Waals surface area contributed by atoms with E-state index in [0.29, 0.717) is 22.9 Å². The number of carbonyl (C=O) groups is 1. The van der Waals surface area contributed by atoms with Gasteiger partial charge in [-0.15, -0.1) is 0 Å². The molecular weight excluding hydrogens is 549 g/mol. The predicted molar refractivity (Wildman–Crippen MR) is 175 cm³/mol. The zero-order valence-electron chi connectivity index (χ0n) is 23.1. The number of amides is 1. The van der Waals surface area contributed by atoms with E-state index in [0.717, 1.165) is 38.0 Å². The van der Waals surface area contributed by atoms with Gasteiger partial charge < -0.3 is 5.32 Å². The molecule has 0 spiro atoms. The van der Waals surface area contributed by atoms with Crippen LogP contribution >= 0.6 is 11.3 Å². The van der Waals surface area contributed by atoms with Crippen molar-refractivity contribution in [2.24, 2.45) is 0 Å². The van der Waals surface area contributed by atoms with Crippen molar-refractivity contribution in [3.05, 3.63) is 157 Å². The highest BCUT2D eigenvalue weighted by Crippen LogP contribution is 2.43. The first-order valence-electron chi connectivity index (χ1n) is 14.0. The van der Waals surface area contributed by atoms with Crippen molar-refractivity contribution in [3.63, 3.8) is 0 Å². The van der Waals surface area contributed by atoms with Gasteiger partial charge in [-0.05, 0) is 12.1 Å². The van der Waals surface area contributed by atoms with Crippen LogP contribution in [0, 0.1) is 0 Å². The number of aromatic nitrogens is 3. The Kier molecular flexibility index (Phi) is 7.17. The lowest BCUT2D eigenvalue weighted by molar-refractivity contribution is 0.102. The van der Waals surface area contributed by atoms with Gasteiger partial charge in [0, 0.05) is 27.8 Å². The van der Waals surface area contributed by atoms with Crippen molar-refractivity contribution >= 4 is 23.1 Å². The maximum atomic E-state index is 13.7. The second-order valence-electron chi connectivity index (χ2n) is 9.93. The molecule has 6 heteroatoms. The van der Waals surface area contributed by atoms with E-state index in [-0.39, 0.29) is 5.91 Å². The fraction of sp³-hybridized carbons (Fsp3) is 0. The van der Waals surface area contributed by atoms with Crippen molar-refractivity contribution in [1.82, 2.24) is 14.5 Å². The molecule has 0 aliphatic carbocycles. The number of thiazole rings is 1. The van der Waals surface area contributed by atoms with Crippen LogP contribution in [0.4, 0.5) is 5.82 Å². The Morgan fingerprint density at radius 3 is 1.56 bits per heavy atom. The van der Waals surface area contributed by atoms with Crippen LogP contribution in [0.2, 0.25) is 0 Å². The van der Waals surface area contributed by atoms with E-state index in [4.69, 9.17) is 9.97 Å². The van der Waals surface area contributed by atoms with Gasteiger partial charge >= 0.3 is 0 Å². The number of hydrogen-bond donors (Lipinski definition) is 1. The minimum Gasteiger partial charge on any atom is -0.306 e. The molecule has 0 aliphatic heterocycles. The fourth-order valence-electron chi connectivity index (χ4n) is 5.03. The molecule has 1 N–H and O–H groups in total. The molecule has 1 amide bonds. The zero-order chi connectivity index (χ0) is 29.0. The average molecular weight is 575 g/mol. The molecule has 0 aliphatic rings. The number of benzene rings is 5. The predicted octanol–water partition coefficient (Wildman–Crippen LogP) is 9.25. The Hall–Kier alpha value is -5.59. The van der Waals surface area contributed by atoms with Crippen LogP contribution in [-0.2, 0) is 0 Å². The van der Waals surface area contributed by atoms with Crippen molar-refractivity contribution < 1.29 is 4.79 Å². The lowest BCUT2D eigenvalue weighted by Gasteiger charge is -2.14. The van der Waals surface area contributed by atoms with E-state index < -0.39 is 0 Å². The van der Waals surface area contributed by atoms with Gasteiger partial charge in [0.15, 0.2) is 0 Å². The summed E-state index contributed by atoms with van der Waals surface area (Å²) < 4.78 is 2.06. The Labute approximate surface area is 253 Å². The van der Waals surface area contributed by atoms with Crippen LogP contribution < -0.4 is 5.32 Å². The first-order chi connectivity index (χ1) is 21.3. The Morgan fingerprint density at radius 1 is 0.535 bits per heavy atom. The van der Waals surface area contributed by atoms with E-state index in [1.807, 2.05) is 127 Å². The summed E-state index contributed by atoms with van der Waals surface area (Å²) in [6, 6.07) is 49.6. The first-order valence-corrected chi connectivity index (χ1v) is 14.8. The van der Waals surface area contributed by atoms with E-state index in [1.54, 1.807) is 11.3 Å². The number of rotatable bonds is 7. The molecule has 0 bridgehead atoms. The van der Waals surface area contributed by atoms with E-state index in [2.05, 4.69) is 34.1 Å². The minimum absolute atomic E-state index is 0.215. The molecule has 0 saturated carbocycles. The molecule has 0 unspecified atom stereocenters. The summed E-state index contributed by atoms with van der Waals surface area (Å²) in [4.78, 5) is 24.1. The topological polar surface area (TPSA) is 59.8 Å². The summed E-state index contributed by atoms with van der Waals surface area (Å²) in [5.41, 5.74) is 5.88. The van der Waals surface area contributed by atoms with Gasteiger partial charge in [-0.1, -0.05) is 151 Å². The van der Waals surface area contributed by atoms with Crippen molar-refractivity contribution in [3.8, 4) is 49.5 Å². The maximum Gasteiger partial charge on any atom is 0.256 e. The standard InChI is InChI=1S/C37H26N4OS/c42-35(29-22-12-4-13-23-29)40-34-31(26-16-6-1-7-17-26)38-33(28-20-10-3-11-21-28)41(34)37-32(27-18-8-2-9-19-27)39-36(43-37)30-24-14-5-15-25-30/h1-25H,(H,40,42). The molecule has 0 atom stereocenters. The lowest BCUT2D eigenvalue weighted by atomic mass is 10.1. The monoisotopic (exact) mass is 574 g/mol. The van der Waals surface area contributed by atoms with E-state index in [9.17, 15) is 4.79 Å². The summed E-state index contributed by atoms with van der Waals surface area (Å²) >= 11 is 1.58. The summed E-state index contributed by atoms with van der Waals surface area (Å²) in [5.74, 6) is 1.08. The molecular formula is C37H26N4OS. The van der Waals surface area contributed by atoms with Gasteiger partial charge in [-0.25, -0.2) is 9.97 Å². The number of hydrogen-bond acceptors (Lipinski definition) is 4. The number of nitrogens with one attached hydrogen (secondary N) is 1. The second-order valence-corrected chi connectivity index (χ2v) is 10.9. The molecule has 7 rings (SSSR count). The normalized spacial score (nSPS) is 10.9. The Bertz CT molecular complexity index is 1990.